The van der Waals surface area contributed by atoms with E-state index in [0.717, 1.165) is 24.4 Å². The van der Waals surface area contributed by atoms with E-state index in [9.17, 15) is 17.6 Å². The molecule has 2 aromatic rings. The average molecular weight is 310 g/mol. The van der Waals surface area contributed by atoms with Crippen LogP contribution in [0.5, 0.6) is 0 Å². The normalized spacial score (nSPS) is 11.1. The molecule has 0 aliphatic carbocycles. The predicted molar refractivity (Wildman–Crippen MR) is 73.1 cm³/mol. The number of rotatable bonds is 4. The molecule has 110 valence electrons. The zero-order chi connectivity index (χ0) is 15.6. The van der Waals surface area contributed by atoms with E-state index >= 15 is 0 Å². The molecule has 0 radical (unpaired) electrons. The minimum absolute atomic E-state index is 0.0243. The van der Waals surface area contributed by atoms with Crippen molar-refractivity contribution in [1.82, 2.24) is 4.98 Å². The summed E-state index contributed by atoms with van der Waals surface area (Å²) in [7, 11) is -3.92. The van der Waals surface area contributed by atoms with E-state index in [1.807, 2.05) is 0 Å². The first-order valence-corrected chi connectivity index (χ1v) is 7.26. The summed E-state index contributed by atoms with van der Waals surface area (Å²) in [5.41, 5.74) is 0.195. The lowest BCUT2D eigenvalue weighted by Gasteiger charge is -2.09. The van der Waals surface area contributed by atoms with Crippen molar-refractivity contribution >= 4 is 21.8 Å². The molecule has 0 fully saturated rings. The highest BCUT2D eigenvalue weighted by molar-refractivity contribution is 7.92. The molecule has 8 heteroatoms. The Kier molecular flexibility index (Phi) is 3.90. The number of hydrogen-bond donors (Lipinski definition) is 2. The molecule has 0 unspecified atom stereocenters. The molecule has 2 N–H and O–H groups in total. The first kappa shape index (κ1) is 14.9. The van der Waals surface area contributed by atoms with Gasteiger partial charge >= 0.3 is 5.97 Å². The highest BCUT2D eigenvalue weighted by atomic mass is 32.2. The third-order valence-electron chi connectivity index (χ3n) is 2.68. The van der Waals surface area contributed by atoms with Crippen LogP contribution >= 0.6 is 0 Å². The van der Waals surface area contributed by atoms with Crippen molar-refractivity contribution in [2.24, 2.45) is 0 Å². The molecule has 0 saturated heterocycles. The molecule has 0 saturated carbocycles. The summed E-state index contributed by atoms with van der Waals surface area (Å²) in [5.74, 6) is -1.72. The topological polar surface area (TPSA) is 96.4 Å². The molecule has 1 aromatic carbocycles. The molecule has 6 nitrogen and oxygen atoms in total. The first-order chi connectivity index (χ1) is 9.79. The van der Waals surface area contributed by atoms with Crippen LogP contribution in [0.4, 0.5) is 10.2 Å². The van der Waals surface area contributed by atoms with Crippen LogP contribution < -0.4 is 4.72 Å². The molecule has 0 spiro atoms. The van der Waals surface area contributed by atoms with Crippen LogP contribution in [0.25, 0.3) is 0 Å². The van der Waals surface area contributed by atoms with E-state index in [1.54, 1.807) is 0 Å². The van der Waals surface area contributed by atoms with Gasteiger partial charge in [-0.2, -0.15) is 0 Å². The summed E-state index contributed by atoms with van der Waals surface area (Å²) in [4.78, 5) is 14.3. The molecular weight excluding hydrogens is 299 g/mol. The van der Waals surface area contributed by atoms with Crippen molar-refractivity contribution in [3.63, 3.8) is 0 Å². The van der Waals surface area contributed by atoms with Gasteiger partial charge in [0.2, 0.25) is 0 Å². The Morgan fingerprint density at radius 1 is 1.29 bits per heavy atom. The van der Waals surface area contributed by atoms with E-state index in [1.165, 1.54) is 19.1 Å². The molecule has 0 aliphatic heterocycles. The van der Waals surface area contributed by atoms with Gasteiger partial charge in [-0.1, -0.05) is 0 Å². The molecular formula is C13H11FN2O4S. The number of carboxylic acid groups (broad SMARTS) is 1. The second-order valence-corrected chi connectivity index (χ2v) is 5.90. The SMILES string of the molecule is Cc1cc(F)ccc1S(=O)(=O)Nc1ccc(C(=O)O)cn1. The zero-order valence-corrected chi connectivity index (χ0v) is 11.7. The van der Waals surface area contributed by atoms with Crippen LogP contribution in [0.3, 0.4) is 0 Å². The van der Waals surface area contributed by atoms with Crippen molar-refractivity contribution < 1.29 is 22.7 Å². The number of benzene rings is 1. The first-order valence-electron chi connectivity index (χ1n) is 5.78. The number of carbonyl (C=O) groups is 1. The van der Waals surface area contributed by atoms with Gasteiger partial charge in [-0.3, -0.25) is 4.72 Å². The fourth-order valence-corrected chi connectivity index (χ4v) is 2.92. The number of anilines is 1. The number of aromatic nitrogens is 1. The molecule has 21 heavy (non-hydrogen) atoms. The second kappa shape index (κ2) is 5.49. The standard InChI is InChI=1S/C13H11FN2O4S/c1-8-6-10(14)3-4-11(8)21(19,20)16-12-5-2-9(7-15-12)13(17)18/h2-7H,1H3,(H,15,16)(H,17,18). The Balaban J connectivity index is 2.30. The monoisotopic (exact) mass is 310 g/mol. The number of pyridine rings is 1. The second-order valence-electron chi connectivity index (χ2n) is 4.25. The van der Waals surface area contributed by atoms with E-state index in [2.05, 4.69) is 9.71 Å². The number of aromatic carboxylic acids is 1. The van der Waals surface area contributed by atoms with E-state index in [0.29, 0.717) is 0 Å². The minimum atomic E-state index is -3.92. The molecule has 0 atom stereocenters. The lowest BCUT2D eigenvalue weighted by atomic mass is 10.2. The van der Waals surface area contributed by atoms with Gasteiger partial charge in [0.15, 0.2) is 0 Å². The Bertz CT molecular complexity index is 788. The summed E-state index contributed by atoms with van der Waals surface area (Å²) in [5, 5.41) is 8.73. The van der Waals surface area contributed by atoms with Crippen LogP contribution in [0.1, 0.15) is 15.9 Å². The van der Waals surface area contributed by atoms with Gasteiger partial charge in [-0.15, -0.1) is 0 Å². The van der Waals surface area contributed by atoms with Crippen molar-refractivity contribution in [3.8, 4) is 0 Å². The van der Waals surface area contributed by atoms with Crippen molar-refractivity contribution in [3.05, 3.63) is 53.5 Å². The maximum Gasteiger partial charge on any atom is 0.337 e. The Morgan fingerprint density at radius 2 is 2.00 bits per heavy atom. The van der Waals surface area contributed by atoms with Gasteiger partial charge in [0, 0.05) is 6.20 Å². The number of halogens is 1. The Hall–Kier alpha value is -2.48. The van der Waals surface area contributed by atoms with Crippen molar-refractivity contribution in [1.29, 1.82) is 0 Å². The number of aryl methyl sites for hydroxylation is 1. The van der Waals surface area contributed by atoms with Gasteiger partial charge in [-0.05, 0) is 42.8 Å². The number of sulfonamides is 1. The summed E-state index contributed by atoms with van der Waals surface area (Å²) in [6.07, 6.45) is 1.04. The third-order valence-corrected chi connectivity index (χ3v) is 4.19. The van der Waals surface area contributed by atoms with Crippen LogP contribution in [0, 0.1) is 12.7 Å². The largest absolute Gasteiger partial charge is 0.478 e. The third kappa shape index (κ3) is 3.34. The number of nitrogens with one attached hydrogen (secondary N) is 1. The van der Waals surface area contributed by atoms with Gasteiger partial charge in [0.25, 0.3) is 10.0 Å². The Morgan fingerprint density at radius 3 is 2.52 bits per heavy atom. The Labute approximate surface area is 120 Å². The summed E-state index contributed by atoms with van der Waals surface area (Å²) in [6.45, 7) is 1.47. The maximum absolute atomic E-state index is 13.0. The van der Waals surface area contributed by atoms with Crippen LogP contribution in [-0.4, -0.2) is 24.5 Å². The quantitative estimate of drug-likeness (QED) is 0.900. The molecule has 1 aromatic heterocycles. The number of carboxylic acids is 1. The van der Waals surface area contributed by atoms with Gasteiger partial charge < -0.3 is 5.11 Å². The molecule has 0 amide bonds. The van der Waals surface area contributed by atoms with Gasteiger partial charge in [-0.25, -0.2) is 22.6 Å². The maximum atomic E-state index is 13.0. The van der Waals surface area contributed by atoms with Gasteiger partial charge in [0.05, 0.1) is 10.5 Å². The highest BCUT2D eigenvalue weighted by Gasteiger charge is 2.18. The lowest BCUT2D eigenvalue weighted by Crippen LogP contribution is -2.15. The van der Waals surface area contributed by atoms with E-state index in [-0.39, 0.29) is 21.8 Å². The van der Waals surface area contributed by atoms with Crippen molar-refractivity contribution in [2.75, 3.05) is 4.72 Å². The molecule has 1 heterocycles. The van der Waals surface area contributed by atoms with E-state index in [4.69, 9.17) is 5.11 Å². The van der Waals surface area contributed by atoms with Crippen LogP contribution in [-0.2, 0) is 10.0 Å². The summed E-state index contributed by atoms with van der Waals surface area (Å²) < 4.78 is 39.5. The van der Waals surface area contributed by atoms with E-state index < -0.39 is 21.8 Å². The fraction of sp³-hybridized carbons (Fsp3) is 0.0769. The molecule has 0 aliphatic rings. The lowest BCUT2D eigenvalue weighted by molar-refractivity contribution is 0.0696. The van der Waals surface area contributed by atoms with Gasteiger partial charge in [0.1, 0.15) is 11.6 Å². The summed E-state index contributed by atoms with van der Waals surface area (Å²) in [6, 6.07) is 5.77. The molecule has 0 bridgehead atoms. The van der Waals surface area contributed by atoms with Crippen LogP contribution in [0.15, 0.2) is 41.4 Å². The average Bonchev–Trinajstić information content (AvgIpc) is 2.38. The number of hydrogen-bond acceptors (Lipinski definition) is 4. The van der Waals surface area contributed by atoms with Crippen LogP contribution in [0.2, 0.25) is 0 Å². The highest BCUT2D eigenvalue weighted by Crippen LogP contribution is 2.19. The fourth-order valence-electron chi connectivity index (χ4n) is 1.69. The number of nitrogens with zero attached hydrogens (tertiary/aromatic N) is 1. The summed E-state index contributed by atoms with van der Waals surface area (Å²) >= 11 is 0. The predicted octanol–water partition coefficient (Wildman–Crippen LogP) is 2.03. The smallest absolute Gasteiger partial charge is 0.337 e. The van der Waals surface area contributed by atoms with Crippen molar-refractivity contribution in [2.45, 2.75) is 11.8 Å². The molecule has 2 rings (SSSR count). The zero-order valence-electron chi connectivity index (χ0n) is 10.9. The minimum Gasteiger partial charge on any atom is -0.478 e.